The maximum absolute atomic E-state index is 5.67. The molecule has 0 saturated carbocycles. The molecule has 6 rings (SSSR count). The first-order valence-corrected chi connectivity index (χ1v) is 22.6. The van der Waals surface area contributed by atoms with Gasteiger partial charge in [0.05, 0.1) is 0 Å². The van der Waals surface area contributed by atoms with Crippen molar-refractivity contribution < 1.29 is 13.5 Å². The van der Waals surface area contributed by atoms with Gasteiger partial charge in [0.15, 0.2) is 0 Å². The van der Waals surface area contributed by atoms with E-state index in [9.17, 15) is 0 Å². The molecule has 2 aliphatic carbocycles. The van der Waals surface area contributed by atoms with Gasteiger partial charge >= 0.3 is 73.4 Å². The van der Waals surface area contributed by atoms with Crippen LogP contribution in [-0.4, -0.2) is 37.5 Å². The molecule has 3 heterocycles. The number of benzene rings is 1. The van der Waals surface area contributed by atoms with Crippen LogP contribution in [0.1, 0.15) is 59.9 Å². The third-order valence-corrected chi connectivity index (χ3v) is 10.5. The van der Waals surface area contributed by atoms with Crippen molar-refractivity contribution in [2.75, 3.05) is 13.1 Å². The van der Waals surface area contributed by atoms with Crippen LogP contribution < -0.4 is 0 Å². The number of nitrogens with zero attached hydrogens (tertiary/aromatic N) is 4. The number of allylic oxidation sites excluding steroid dienone is 8. The van der Waals surface area contributed by atoms with E-state index in [4.69, 9.17) is 19.4 Å². The van der Waals surface area contributed by atoms with Crippen LogP contribution in [0.15, 0.2) is 134 Å². The van der Waals surface area contributed by atoms with Crippen LogP contribution >= 0.6 is 51.2 Å². The molecule has 254 valence electrons. The topological polar surface area (TPSA) is 32.3 Å². The molecule has 3 aromatic rings. The molecule has 0 spiro atoms. The van der Waals surface area contributed by atoms with Crippen molar-refractivity contribution in [2.45, 2.75) is 54.4 Å². The Morgan fingerprint density at radius 1 is 0.723 bits per heavy atom. The van der Waals surface area contributed by atoms with Gasteiger partial charge in [0.1, 0.15) is 0 Å². The minimum atomic E-state index is -1.61. The molecular weight excluding hydrogens is 844 g/mol. The summed E-state index contributed by atoms with van der Waals surface area (Å²) in [6.07, 6.45) is 14.1. The number of hydrogen-bond donors (Lipinski definition) is 0. The zero-order chi connectivity index (χ0) is 34.3. The first-order chi connectivity index (χ1) is 22.4. The molecule has 1 saturated heterocycles. The molecule has 1 aliphatic heterocycles. The first kappa shape index (κ1) is 39.6. The second-order valence-corrected chi connectivity index (χ2v) is 19.4. The van der Waals surface area contributed by atoms with E-state index in [0.29, 0.717) is 11.8 Å². The Kier molecular flexibility index (Phi) is 17.3. The van der Waals surface area contributed by atoms with Gasteiger partial charge in [0, 0.05) is 46.8 Å². The average Bonchev–Trinajstić information content (AvgIpc) is 3.47. The average molecular weight is 890 g/mol. The molecule has 1 fully saturated rings. The van der Waals surface area contributed by atoms with Crippen molar-refractivity contribution in [1.29, 1.82) is 0 Å². The standard InChI is InChI=1S/C21H31N2.C7H6.2C5H4BrN.2ClH.Ru/c1-14-9-16(3)20(17(4)10-14)22-7-8-23(13-22)21-18(5)11-15(2)12-19(21)6;1-7-5-3-2-4-6-7;2*6-5-2-1-3-7-4-5;;;/h9,11,13,17,19H,7-8,10,12H2,1-6H3;1-6H;2*1-4H;2*1H;/q-1;;;;;;+2/p-2/t17-,19?;;;;;;/m1....../s1. The van der Waals surface area contributed by atoms with E-state index in [0.717, 1.165) is 27.6 Å². The van der Waals surface area contributed by atoms with Crippen LogP contribution in [-0.2, 0) is 13.5 Å². The zero-order valence-electron chi connectivity index (χ0n) is 28.0. The van der Waals surface area contributed by atoms with Gasteiger partial charge in [-0.25, -0.2) is 0 Å². The van der Waals surface area contributed by atoms with Crippen molar-refractivity contribution in [2.24, 2.45) is 11.8 Å². The van der Waals surface area contributed by atoms with Crippen LogP contribution in [0.3, 0.4) is 0 Å². The molecule has 0 amide bonds. The van der Waals surface area contributed by atoms with E-state index in [1.165, 1.54) is 46.5 Å². The number of aromatic nitrogens is 2. The summed E-state index contributed by atoms with van der Waals surface area (Å²) in [6.45, 7) is 18.4. The number of rotatable bonds is 3. The fourth-order valence-electron chi connectivity index (χ4n) is 6.12. The monoisotopic (exact) mass is 887 g/mol. The molecule has 2 aromatic heterocycles. The van der Waals surface area contributed by atoms with Crippen LogP contribution in [0.4, 0.5) is 0 Å². The van der Waals surface area contributed by atoms with E-state index in [1.807, 2.05) is 59.2 Å². The second-order valence-electron chi connectivity index (χ2n) is 11.9. The van der Waals surface area contributed by atoms with Gasteiger partial charge in [-0.05, 0) is 131 Å². The molecule has 0 N–H and O–H groups in total. The summed E-state index contributed by atoms with van der Waals surface area (Å²) in [4.78, 5) is 12.7. The molecular formula is C38H45Br2Cl2N4Ru-. The van der Waals surface area contributed by atoms with Crippen LogP contribution in [0.2, 0.25) is 0 Å². The van der Waals surface area contributed by atoms with Gasteiger partial charge in [-0.2, -0.15) is 6.67 Å². The maximum atomic E-state index is 5.67. The van der Waals surface area contributed by atoms with Gasteiger partial charge in [0.25, 0.3) is 0 Å². The van der Waals surface area contributed by atoms with Crippen LogP contribution in [0.25, 0.3) is 0 Å². The van der Waals surface area contributed by atoms with Crippen LogP contribution in [0.5, 0.6) is 0 Å². The predicted molar refractivity (Wildman–Crippen MR) is 205 cm³/mol. The van der Waals surface area contributed by atoms with E-state index < -0.39 is 13.5 Å². The Morgan fingerprint density at radius 2 is 1.17 bits per heavy atom. The molecule has 47 heavy (non-hydrogen) atoms. The normalized spacial score (nSPS) is 19.2. The summed E-state index contributed by atoms with van der Waals surface area (Å²) < 4.78 is 3.97. The molecule has 1 aromatic carbocycles. The SMILES string of the molecule is Brc1cccnc1.Brc1cccnc1.CC1=CC(C)=C(N2[CH-]N(C3=C(C)C=C(C)C[C@H]3C)CC2)C(C)C1.[Cl][Ru]([Cl])=[CH]c1ccccc1. The molecule has 0 radical (unpaired) electrons. The molecule has 3 aliphatic rings. The van der Waals surface area contributed by atoms with Gasteiger partial charge < -0.3 is 9.80 Å². The number of pyridine rings is 2. The summed E-state index contributed by atoms with van der Waals surface area (Å²) in [7, 11) is 11.3. The molecule has 4 nitrogen and oxygen atoms in total. The zero-order valence-corrected chi connectivity index (χ0v) is 34.4. The van der Waals surface area contributed by atoms with Gasteiger partial charge in [-0.15, -0.1) is 0 Å². The van der Waals surface area contributed by atoms with Gasteiger partial charge in [0.2, 0.25) is 0 Å². The number of hydrogen-bond acceptors (Lipinski definition) is 4. The molecule has 0 bridgehead atoms. The van der Waals surface area contributed by atoms with Crippen molar-refractivity contribution >= 4 is 55.9 Å². The van der Waals surface area contributed by atoms with E-state index >= 15 is 0 Å². The second kappa shape index (κ2) is 20.6. The van der Waals surface area contributed by atoms with Crippen molar-refractivity contribution in [3.05, 3.63) is 146 Å². The van der Waals surface area contributed by atoms with Gasteiger partial charge in [-0.3, -0.25) is 9.97 Å². The Hall–Kier alpha value is -1.89. The first-order valence-electron chi connectivity index (χ1n) is 15.6. The van der Waals surface area contributed by atoms with E-state index in [1.54, 1.807) is 24.8 Å². The Morgan fingerprint density at radius 3 is 1.49 bits per heavy atom. The molecule has 9 heteroatoms. The summed E-state index contributed by atoms with van der Waals surface area (Å²) >= 11 is 4.88. The molecule has 2 atom stereocenters. The predicted octanol–water partition coefficient (Wildman–Crippen LogP) is 11.7. The quantitative estimate of drug-likeness (QED) is 0.194. The summed E-state index contributed by atoms with van der Waals surface area (Å²) in [6, 6.07) is 17.5. The number of halogens is 4. The third kappa shape index (κ3) is 13.9. The minimum absolute atomic E-state index is 0.622. The van der Waals surface area contributed by atoms with Crippen LogP contribution in [0, 0.1) is 18.5 Å². The van der Waals surface area contributed by atoms with Crippen molar-refractivity contribution in [3.63, 3.8) is 0 Å². The fourth-order valence-corrected chi connectivity index (χ4v) is 8.49. The Labute approximate surface area is 312 Å². The summed E-state index contributed by atoms with van der Waals surface area (Å²) in [5.74, 6) is 1.24. The van der Waals surface area contributed by atoms with Gasteiger partial charge in [-0.1, -0.05) is 37.1 Å². The molecule has 1 unspecified atom stereocenters. The fraction of sp³-hybridized carbons (Fsp3) is 0.316. The Balaban J connectivity index is 0.000000204. The van der Waals surface area contributed by atoms with Crippen molar-refractivity contribution in [1.82, 2.24) is 19.8 Å². The Bertz CT molecular complexity index is 1480. The third-order valence-electron chi connectivity index (χ3n) is 7.65. The van der Waals surface area contributed by atoms with Crippen molar-refractivity contribution in [3.8, 4) is 0 Å². The van der Waals surface area contributed by atoms with E-state index in [2.05, 4.69) is 112 Å². The summed E-state index contributed by atoms with van der Waals surface area (Å²) in [5, 5.41) is 0. The summed E-state index contributed by atoms with van der Waals surface area (Å²) in [5.41, 5.74) is 10.1. The van der Waals surface area contributed by atoms with E-state index in [-0.39, 0.29) is 0 Å².